The maximum atomic E-state index is 12.4. The Kier molecular flexibility index (Phi) is 7.93. The van der Waals surface area contributed by atoms with Crippen LogP contribution in [0.3, 0.4) is 0 Å². The molecule has 1 rings (SSSR count). The van der Waals surface area contributed by atoms with Gasteiger partial charge >= 0.3 is 0 Å². The SMILES string of the molecule is C=NN(C(=O)/C(Cl)=C(\C)OCc1cccc(OCCO)c1)C(C)(C)C. The standard InChI is InChI=1S/C18H25ClN2O4/c1-13(16(19)17(23)21(20-5)18(2,3)4)25-12-14-7-6-8-15(11-14)24-10-9-22/h6-8,11,22H,5,9-10,12H2,1-4H3/b16-13-. The molecule has 0 aliphatic rings. The fraction of sp³-hybridized carbons (Fsp3) is 0.444. The van der Waals surface area contributed by atoms with Crippen molar-refractivity contribution < 1.29 is 19.4 Å². The van der Waals surface area contributed by atoms with E-state index in [0.717, 1.165) is 5.56 Å². The van der Waals surface area contributed by atoms with Crippen molar-refractivity contribution in [2.75, 3.05) is 13.2 Å². The monoisotopic (exact) mass is 368 g/mol. The summed E-state index contributed by atoms with van der Waals surface area (Å²) in [5.74, 6) is 0.460. The summed E-state index contributed by atoms with van der Waals surface area (Å²) < 4.78 is 11.0. The number of nitrogens with zero attached hydrogens (tertiary/aromatic N) is 2. The van der Waals surface area contributed by atoms with Gasteiger partial charge in [-0.1, -0.05) is 23.7 Å². The summed E-state index contributed by atoms with van der Waals surface area (Å²) in [6.07, 6.45) is 0. The molecule has 0 atom stereocenters. The Balaban J connectivity index is 2.80. The molecule has 25 heavy (non-hydrogen) atoms. The third-order valence-corrected chi connectivity index (χ3v) is 3.61. The Bertz CT molecular complexity index is 638. The first-order chi connectivity index (χ1) is 11.7. The highest BCUT2D eigenvalue weighted by molar-refractivity contribution is 6.42. The number of aliphatic hydroxyl groups excluding tert-OH is 1. The van der Waals surface area contributed by atoms with Crippen LogP contribution in [-0.2, 0) is 16.1 Å². The highest BCUT2D eigenvalue weighted by Gasteiger charge is 2.29. The molecule has 6 nitrogen and oxygen atoms in total. The van der Waals surface area contributed by atoms with Crippen LogP contribution < -0.4 is 4.74 Å². The van der Waals surface area contributed by atoms with E-state index in [9.17, 15) is 4.79 Å². The highest BCUT2D eigenvalue weighted by Crippen LogP contribution is 2.22. The van der Waals surface area contributed by atoms with Gasteiger partial charge in [0.15, 0.2) is 0 Å². The van der Waals surface area contributed by atoms with E-state index in [1.807, 2.05) is 32.9 Å². The topological polar surface area (TPSA) is 71.4 Å². The molecule has 0 fully saturated rings. The minimum absolute atomic E-state index is 0.0463. The molecule has 0 aliphatic carbocycles. The van der Waals surface area contributed by atoms with E-state index in [1.165, 1.54) is 5.01 Å². The van der Waals surface area contributed by atoms with E-state index in [4.69, 9.17) is 26.2 Å². The molecule has 0 unspecified atom stereocenters. The first-order valence-corrected chi connectivity index (χ1v) is 8.21. The third kappa shape index (κ3) is 6.40. The van der Waals surface area contributed by atoms with Crippen LogP contribution in [0.2, 0.25) is 0 Å². The number of hydrogen-bond donors (Lipinski definition) is 1. The van der Waals surface area contributed by atoms with Gasteiger partial charge in [0.25, 0.3) is 5.91 Å². The van der Waals surface area contributed by atoms with Crippen molar-refractivity contribution in [3.8, 4) is 5.75 Å². The number of halogens is 1. The summed E-state index contributed by atoms with van der Waals surface area (Å²) in [6.45, 7) is 10.9. The van der Waals surface area contributed by atoms with Crippen LogP contribution in [-0.4, -0.2) is 41.5 Å². The number of amides is 1. The van der Waals surface area contributed by atoms with Gasteiger partial charge in [0.1, 0.15) is 29.8 Å². The number of hydrazone groups is 1. The second-order valence-electron chi connectivity index (χ2n) is 6.31. The molecule has 0 heterocycles. The Morgan fingerprint density at radius 1 is 1.40 bits per heavy atom. The third-order valence-electron chi connectivity index (χ3n) is 3.18. The molecule has 1 N–H and O–H groups in total. The van der Waals surface area contributed by atoms with Crippen LogP contribution in [0.25, 0.3) is 0 Å². The van der Waals surface area contributed by atoms with E-state index in [2.05, 4.69) is 11.8 Å². The van der Waals surface area contributed by atoms with E-state index in [-0.39, 0.29) is 24.9 Å². The van der Waals surface area contributed by atoms with Crippen LogP contribution in [0, 0.1) is 0 Å². The first-order valence-electron chi connectivity index (χ1n) is 7.83. The Morgan fingerprint density at radius 2 is 2.08 bits per heavy atom. The second kappa shape index (κ2) is 9.44. The number of aliphatic hydroxyl groups is 1. The molecule has 0 aliphatic heterocycles. The van der Waals surface area contributed by atoms with Crippen LogP contribution in [0.5, 0.6) is 5.75 Å². The molecule has 0 spiro atoms. The zero-order valence-corrected chi connectivity index (χ0v) is 15.8. The van der Waals surface area contributed by atoms with Crippen LogP contribution in [0.15, 0.2) is 40.2 Å². The largest absolute Gasteiger partial charge is 0.492 e. The molecule has 1 amide bonds. The molecule has 1 aromatic rings. The van der Waals surface area contributed by atoms with Gasteiger partial charge in [-0.15, -0.1) is 0 Å². The van der Waals surface area contributed by atoms with Crippen molar-refractivity contribution in [1.82, 2.24) is 5.01 Å². The maximum absolute atomic E-state index is 12.4. The normalized spacial score (nSPS) is 12.2. The molecular formula is C18H25ClN2O4. The fourth-order valence-corrected chi connectivity index (χ4v) is 2.10. The number of allylic oxidation sites excluding steroid dienone is 1. The summed E-state index contributed by atoms with van der Waals surface area (Å²) in [5, 5.41) is 13.7. The molecule has 0 bridgehead atoms. The predicted molar refractivity (Wildman–Crippen MR) is 98.5 cm³/mol. The van der Waals surface area contributed by atoms with Gasteiger partial charge in [-0.05, 0) is 45.4 Å². The zero-order chi connectivity index (χ0) is 19.0. The number of carbonyl (C=O) groups is 1. The molecule has 1 aromatic carbocycles. The fourth-order valence-electron chi connectivity index (χ4n) is 1.97. The smallest absolute Gasteiger partial charge is 0.289 e. The summed E-state index contributed by atoms with van der Waals surface area (Å²) >= 11 is 6.15. The summed E-state index contributed by atoms with van der Waals surface area (Å²) in [5.41, 5.74) is 0.304. The second-order valence-corrected chi connectivity index (χ2v) is 6.69. The number of rotatable bonds is 8. The van der Waals surface area contributed by atoms with E-state index in [1.54, 1.807) is 19.1 Å². The molecule has 0 saturated heterocycles. The van der Waals surface area contributed by atoms with Crippen LogP contribution in [0.4, 0.5) is 0 Å². The minimum Gasteiger partial charge on any atom is -0.492 e. The van der Waals surface area contributed by atoms with Crippen molar-refractivity contribution in [1.29, 1.82) is 0 Å². The molecule has 0 aromatic heterocycles. The van der Waals surface area contributed by atoms with Gasteiger partial charge in [0.05, 0.1) is 12.1 Å². The highest BCUT2D eigenvalue weighted by atomic mass is 35.5. The summed E-state index contributed by atoms with van der Waals surface area (Å²) in [4.78, 5) is 12.4. The Hall–Kier alpha value is -2.05. The first kappa shape index (κ1) is 21.0. The Morgan fingerprint density at radius 3 is 2.64 bits per heavy atom. The quantitative estimate of drug-likeness (QED) is 0.331. The summed E-state index contributed by atoms with van der Waals surface area (Å²) in [6, 6.07) is 7.27. The summed E-state index contributed by atoms with van der Waals surface area (Å²) in [7, 11) is 0. The Labute approximate surface area is 153 Å². The lowest BCUT2D eigenvalue weighted by atomic mass is 10.1. The average Bonchev–Trinajstić information content (AvgIpc) is 2.56. The lowest BCUT2D eigenvalue weighted by Crippen LogP contribution is -2.41. The number of carbonyl (C=O) groups excluding carboxylic acids is 1. The van der Waals surface area contributed by atoms with Crippen molar-refractivity contribution in [2.24, 2.45) is 5.10 Å². The van der Waals surface area contributed by atoms with Gasteiger partial charge in [0.2, 0.25) is 0 Å². The van der Waals surface area contributed by atoms with Gasteiger partial charge < -0.3 is 14.6 Å². The van der Waals surface area contributed by atoms with Crippen molar-refractivity contribution in [3.63, 3.8) is 0 Å². The zero-order valence-electron chi connectivity index (χ0n) is 15.1. The minimum atomic E-state index is -0.544. The van der Waals surface area contributed by atoms with Crippen molar-refractivity contribution in [2.45, 2.75) is 39.8 Å². The molecule has 138 valence electrons. The van der Waals surface area contributed by atoms with Gasteiger partial charge in [-0.2, -0.15) is 5.10 Å². The number of benzene rings is 1. The van der Waals surface area contributed by atoms with Crippen LogP contribution in [0.1, 0.15) is 33.3 Å². The molecular weight excluding hydrogens is 344 g/mol. The number of ether oxygens (including phenoxy) is 2. The molecule has 0 radical (unpaired) electrons. The maximum Gasteiger partial charge on any atom is 0.289 e. The average molecular weight is 369 g/mol. The molecule has 7 heteroatoms. The van der Waals surface area contributed by atoms with Crippen molar-refractivity contribution >= 4 is 24.2 Å². The predicted octanol–water partition coefficient (Wildman–Crippen LogP) is 3.29. The van der Waals surface area contributed by atoms with Gasteiger partial charge in [-0.3, -0.25) is 4.79 Å². The van der Waals surface area contributed by atoms with Crippen molar-refractivity contribution in [3.05, 3.63) is 40.6 Å². The molecule has 0 saturated carbocycles. The lowest BCUT2D eigenvalue weighted by molar-refractivity contribution is -0.131. The van der Waals surface area contributed by atoms with E-state index >= 15 is 0 Å². The van der Waals surface area contributed by atoms with E-state index in [0.29, 0.717) is 11.5 Å². The van der Waals surface area contributed by atoms with Gasteiger partial charge in [-0.25, -0.2) is 5.01 Å². The van der Waals surface area contributed by atoms with Crippen LogP contribution >= 0.6 is 11.6 Å². The lowest BCUT2D eigenvalue weighted by Gasteiger charge is -2.30. The van der Waals surface area contributed by atoms with Gasteiger partial charge in [0, 0.05) is 6.72 Å². The van der Waals surface area contributed by atoms with E-state index < -0.39 is 11.4 Å². The number of hydrogen-bond acceptors (Lipinski definition) is 5.